The van der Waals surface area contributed by atoms with Crippen LogP contribution in [0.5, 0.6) is 0 Å². The maximum absolute atomic E-state index is 13.2. The number of para-hydroxylation sites is 1. The van der Waals surface area contributed by atoms with Crippen molar-refractivity contribution in [2.24, 2.45) is 5.92 Å². The molecule has 0 spiro atoms. The van der Waals surface area contributed by atoms with Crippen LogP contribution in [0.4, 0.5) is 14.9 Å². The van der Waals surface area contributed by atoms with Crippen LogP contribution in [0.3, 0.4) is 0 Å². The van der Waals surface area contributed by atoms with E-state index in [1.165, 1.54) is 18.2 Å². The average Bonchev–Trinajstić information content (AvgIpc) is 3.28. The minimum absolute atomic E-state index is 0.122. The van der Waals surface area contributed by atoms with Crippen LogP contribution in [0, 0.1) is 11.7 Å². The lowest BCUT2D eigenvalue weighted by molar-refractivity contribution is 0.0668. The van der Waals surface area contributed by atoms with Crippen molar-refractivity contribution in [3.8, 4) is 5.69 Å². The summed E-state index contributed by atoms with van der Waals surface area (Å²) >= 11 is 6.22. The zero-order valence-corrected chi connectivity index (χ0v) is 18.1. The van der Waals surface area contributed by atoms with Crippen LogP contribution >= 0.6 is 11.6 Å². The third-order valence-corrected chi connectivity index (χ3v) is 5.67. The Bertz CT molecular complexity index is 1120. The topological polar surface area (TPSA) is 79.3 Å². The lowest BCUT2D eigenvalue weighted by Gasteiger charge is -2.32. The van der Waals surface area contributed by atoms with E-state index in [1.54, 1.807) is 34.0 Å². The molecule has 2 aromatic carbocycles. The highest BCUT2D eigenvalue weighted by atomic mass is 35.5. The molecule has 0 aliphatic carbocycles. The number of benzene rings is 2. The summed E-state index contributed by atoms with van der Waals surface area (Å²) in [6.07, 6.45) is 3.46. The van der Waals surface area contributed by atoms with Crippen molar-refractivity contribution in [1.29, 1.82) is 0 Å². The molecule has 0 saturated carbocycles. The molecule has 32 heavy (non-hydrogen) atoms. The highest BCUT2D eigenvalue weighted by Crippen LogP contribution is 2.21. The van der Waals surface area contributed by atoms with Crippen LogP contribution in [-0.2, 0) is 0 Å². The summed E-state index contributed by atoms with van der Waals surface area (Å²) in [4.78, 5) is 26.9. The molecular weight excluding hydrogens is 433 g/mol. The number of halogens is 2. The van der Waals surface area contributed by atoms with E-state index in [1.807, 2.05) is 18.2 Å². The fourth-order valence-corrected chi connectivity index (χ4v) is 3.99. The fraction of sp³-hybridized carbons (Fsp3) is 0.261. The van der Waals surface area contributed by atoms with Gasteiger partial charge in [-0.3, -0.25) is 4.79 Å². The Morgan fingerprint density at radius 1 is 1.16 bits per heavy atom. The van der Waals surface area contributed by atoms with Gasteiger partial charge in [0.2, 0.25) is 0 Å². The molecule has 9 heteroatoms. The van der Waals surface area contributed by atoms with Crippen LogP contribution in [0.2, 0.25) is 5.02 Å². The minimum Gasteiger partial charge on any atom is -0.338 e. The summed E-state index contributed by atoms with van der Waals surface area (Å²) in [7, 11) is 0. The van der Waals surface area contributed by atoms with Crippen molar-refractivity contribution in [1.82, 2.24) is 20.0 Å². The Balaban J connectivity index is 1.32. The largest absolute Gasteiger partial charge is 0.338 e. The first kappa shape index (κ1) is 21.8. The molecule has 1 fully saturated rings. The molecule has 4 rings (SSSR count). The molecule has 1 aromatic heterocycles. The van der Waals surface area contributed by atoms with Crippen LogP contribution in [-0.4, -0.2) is 46.3 Å². The number of likely N-dealkylation sites (tertiary alicyclic amines) is 1. The first-order valence-electron chi connectivity index (χ1n) is 10.4. The number of piperidine rings is 1. The highest BCUT2D eigenvalue weighted by molar-refractivity contribution is 6.32. The van der Waals surface area contributed by atoms with Crippen molar-refractivity contribution >= 4 is 29.2 Å². The number of urea groups is 1. The first-order chi connectivity index (χ1) is 15.5. The quantitative estimate of drug-likeness (QED) is 0.600. The van der Waals surface area contributed by atoms with Gasteiger partial charge in [0, 0.05) is 31.5 Å². The van der Waals surface area contributed by atoms with Crippen molar-refractivity contribution in [2.45, 2.75) is 12.8 Å². The monoisotopic (exact) mass is 455 g/mol. The molecular formula is C23H23ClFN5O2. The van der Waals surface area contributed by atoms with Gasteiger partial charge in [-0.15, -0.1) is 0 Å². The Morgan fingerprint density at radius 2 is 2.00 bits per heavy atom. The average molecular weight is 456 g/mol. The summed E-state index contributed by atoms with van der Waals surface area (Å²) in [6, 6.07) is 14.3. The van der Waals surface area contributed by atoms with Crippen molar-refractivity contribution in [3.63, 3.8) is 0 Å². The minimum atomic E-state index is -0.416. The van der Waals surface area contributed by atoms with E-state index >= 15 is 0 Å². The third-order valence-electron chi connectivity index (χ3n) is 5.35. The van der Waals surface area contributed by atoms with E-state index < -0.39 is 11.8 Å². The molecule has 1 saturated heterocycles. The zero-order chi connectivity index (χ0) is 22.5. The first-order valence-corrected chi connectivity index (χ1v) is 10.8. The standard InChI is InChI=1S/C23H23ClFN5O2/c24-19-8-1-2-9-21(19)30-12-10-20(28-30)22(31)29-11-4-5-16(15-29)14-26-23(32)27-18-7-3-6-17(25)13-18/h1-3,6-10,12-13,16H,4-5,11,14-15H2,(H2,26,27,32). The molecule has 2 N–H and O–H groups in total. The molecule has 3 amide bonds. The number of nitrogens with one attached hydrogen (secondary N) is 2. The molecule has 2 heterocycles. The lowest BCUT2D eigenvalue weighted by atomic mass is 9.98. The van der Waals surface area contributed by atoms with Gasteiger partial charge in [0.05, 0.1) is 10.7 Å². The van der Waals surface area contributed by atoms with E-state index in [0.29, 0.717) is 41.7 Å². The van der Waals surface area contributed by atoms with Gasteiger partial charge in [0.15, 0.2) is 5.69 Å². The summed E-state index contributed by atoms with van der Waals surface area (Å²) < 4.78 is 14.8. The lowest BCUT2D eigenvalue weighted by Crippen LogP contribution is -2.44. The van der Waals surface area contributed by atoms with E-state index in [0.717, 1.165) is 12.8 Å². The molecule has 3 aromatic rings. The molecule has 0 radical (unpaired) electrons. The fourth-order valence-electron chi connectivity index (χ4n) is 3.77. The maximum atomic E-state index is 13.2. The molecule has 0 bridgehead atoms. The molecule has 7 nitrogen and oxygen atoms in total. The van der Waals surface area contributed by atoms with E-state index in [-0.39, 0.29) is 11.8 Å². The second-order valence-corrected chi connectivity index (χ2v) is 8.11. The number of amides is 3. The number of carbonyl (C=O) groups excluding carboxylic acids is 2. The number of anilines is 1. The van der Waals surface area contributed by atoms with E-state index in [9.17, 15) is 14.0 Å². The van der Waals surface area contributed by atoms with Gasteiger partial charge in [0.25, 0.3) is 5.91 Å². The molecule has 1 aliphatic heterocycles. The number of nitrogens with zero attached hydrogens (tertiary/aromatic N) is 3. The van der Waals surface area contributed by atoms with Crippen molar-refractivity contribution < 1.29 is 14.0 Å². The third kappa shape index (κ3) is 5.26. The number of carbonyl (C=O) groups is 2. The molecule has 1 aliphatic rings. The van der Waals surface area contributed by atoms with E-state index in [4.69, 9.17) is 11.6 Å². The number of hydrogen-bond donors (Lipinski definition) is 2. The van der Waals surface area contributed by atoms with Crippen LogP contribution < -0.4 is 10.6 Å². The molecule has 166 valence electrons. The van der Waals surface area contributed by atoms with Gasteiger partial charge in [-0.25, -0.2) is 13.9 Å². The van der Waals surface area contributed by atoms with Crippen LogP contribution in [0.25, 0.3) is 5.69 Å². The summed E-state index contributed by atoms with van der Waals surface area (Å²) in [6.45, 7) is 1.58. The van der Waals surface area contributed by atoms with Gasteiger partial charge in [-0.05, 0) is 55.2 Å². The van der Waals surface area contributed by atoms with Gasteiger partial charge in [-0.1, -0.05) is 29.8 Å². The summed E-state index contributed by atoms with van der Waals surface area (Å²) in [5, 5.41) is 10.4. The predicted molar refractivity (Wildman–Crippen MR) is 121 cm³/mol. The predicted octanol–water partition coefficient (Wildman–Crippen LogP) is 4.34. The highest BCUT2D eigenvalue weighted by Gasteiger charge is 2.26. The van der Waals surface area contributed by atoms with Crippen LogP contribution in [0.1, 0.15) is 23.3 Å². The Kier molecular flexibility index (Phi) is 6.70. The summed E-state index contributed by atoms with van der Waals surface area (Å²) in [5.41, 5.74) is 1.44. The second kappa shape index (κ2) is 9.82. The Hall–Kier alpha value is -3.39. The molecule has 1 unspecified atom stereocenters. The van der Waals surface area contributed by atoms with Gasteiger partial charge >= 0.3 is 6.03 Å². The van der Waals surface area contributed by atoms with E-state index in [2.05, 4.69) is 15.7 Å². The molecule has 1 atom stereocenters. The maximum Gasteiger partial charge on any atom is 0.319 e. The SMILES string of the molecule is O=C(NCC1CCCN(C(=O)c2ccn(-c3ccccc3Cl)n2)C1)Nc1cccc(F)c1. The van der Waals surface area contributed by atoms with Crippen molar-refractivity contribution in [2.75, 3.05) is 25.0 Å². The van der Waals surface area contributed by atoms with Gasteiger partial charge < -0.3 is 15.5 Å². The smallest absolute Gasteiger partial charge is 0.319 e. The van der Waals surface area contributed by atoms with Crippen LogP contribution in [0.15, 0.2) is 60.8 Å². The Morgan fingerprint density at radius 3 is 2.81 bits per heavy atom. The Labute approximate surface area is 190 Å². The number of hydrogen-bond acceptors (Lipinski definition) is 3. The zero-order valence-electron chi connectivity index (χ0n) is 17.3. The van der Waals surface area contributed by atoms with Gasteiger partial charge in [-0.2, -0.15) is 5.10 Å². The second-order valence-electron chi connectivity index (χ2n) is 7.70. The number of aromatic nitrogens is 2. The number of rotatable bonds is 5. The summed E-state index contributed by atoms with van der Waals surface area (Å²) in [5.74, 6) is -0.442. The van der Waals surface area contributed by atoms with Crippen molar-refractivity contribution in [3.05, 3.63) is 77.3 Å². The van der Waals surface area contributed by atoms with Gasteiger partial charge in [0.1, 0.15) is 5.82 Å². The normalized spacial score (nSPS) is 15.9.